The van der Waals surface area contributed by atoms with Gasteiger partial charge in [0.15, 0.2) is 0 Å². The van der Waals surface area contributed by atoms with E-state index in [0.29, 0.717) is 24.8 Å². The highest BCUT2D eigenvalue weighted by Gasteiger charge is 2.21. The minimum absolute atomic E-state index is 0.122. The molecule has 0 bridgehead atoms. The lowest BCUT2D eigenvalue weighted by Crippen LogP contribution is -2.43. The van der Waals surface area contributed by atoms with Crippen LogP contribution in [-0.4, -0.2) is 46.5 Å². The van der Waals surface area contributed by atoms with Gasteiger partial charge in [0.05, 0.1) is 11.0 Å². The van der Waals surface area contributed by atoms with Crippen molar-refractivity contribution in [2.24, 2.45) is 5.92 Å². The molecule has 1 saturated heterocycles. The first-order valence-corrected chi connectivity index (χ1v) is 9.06. The number of H-pyrrole nitrogens is 1. The van der Waals surface area contributed by atoms with E-state index in [2.05, 4.69) is 34.0 Å². The number of aromatic nitrogens is 2. The van der Waals surface area contributed by atoms with Crippen LogP contribution in [-0.2, 0) is 11.2 Å². The van der Waals surface area contributed by atoms with E-state index in [1.807, 2.05) is 24.3 Å². The Bertz CT molecular complexity index is 646. The molecule has 0 spiro atoms. The second-order valence-corrected chi connectivity index (χ2v) is 7.10. The number of para-hydroxylation sites is 2. The molecule has 2 heterocycles. The van der Waals surface area contributed by atoms with E-state index in [4.69, 9.17) is 0 Å². The molecular weight excluding hydrogens is 300 g/mol. The number of nitrogens with zero attached hydrogens (tertiary/aromatic N) is 2. The summed E-state index contributed by atoms with van der Waals surface area (Å²) in [7, 11) is 0. The van der Waals surface area contributed by atoms with E-state index in [1.54, 1.807) is 0 Å². The normalized spacial score (nSPS) is 19.0. The van der Waals surface area contributed by atoms with Gasteiger partial charge in [-0.3, -0.25) is 4.79 Å². The summed E-state index contributed by atoms with van der Waals surface area (Å²) in [5.74, 6) is 1.59. The fraction of sp³-hybridized carbons (Fsp3) is 0.579. The van der Waals surface area contributed by atoms with Crippen LogP contribution in [0.5, 0.6) is 0 Å². The number of amides is 1. The third-order valence-electron chi connectivity index (χ3n) is 4.90. The summed E-state index contributed by atoms with van der Waals surface area (Å²) in [6.45, 7) is 7.57. The molecule has 1 atom stereocenters. The maximum absolute atomic E-state index is 12.1. The largest absolute Gasteiger partial charge is 0.356 e. The average molecular weight is 328 g/mol. The molecule has 1 amide bonds. The molecule has 5 nitrogen and oxygen atoms in total. The molecule has 1 aliphatic rings. The Morgan fingerprint density at radius 3 is 3.04 bits per heavy atom. The number of aromatic amines is 1. The first-order valence-electron chi connectivity index (χ1n) is 9.06. The zero-order valence-corrected chi connectivity index (χ0v) is 14.7. The van der Waals surface area contributed by atoms with Gasteiger partial charge in [0.1, 0.15) is 5.82 Å². The number of likely N-dealkylation sites (tertiary alicyclic amines) is 1. The maximum Gasteiger partial charge on any atom is 0.220 e. The number of fused-ring (bicyclic) bond motifs is 1. The van der Waals surface area contributed by atoms with Gasteiger partial charge in [0.2, 0.25) is 5.91 Å². The predicted molar refractivity (Wildman–Crippen MR) is 96.9 cm³/mol. The molecule has 1 aliphatic heterocycles. The lowest BCUT2D eigenvalue weighted by molar-refractivity contribution is -0.121. The van der Waals surface area contributed by atoms with Gasteiger partial charge >= 0.3 is 0 Å². The van der Waals surface area contributed by atoms with Crippen molar-refractivity contribution in [1.29, 1.82) is 0 Å². The van der Waals surface area contributed by atoms with Gasteiger partial charge in [0, 0.05) is 32.0 Å². The van der Waals surface area contributed by atoms with Crippen LogP contribution < -0.4 is 5.32 Å². The molecular formula is C19H28N4O. The van der Waals surface area contributed by atoms with E-state index >= 15 is 0 Å². The standard InChI is InChI=1S/C19H28N4O/c1-14(2)23-11-5-6-15(13-23)12-20-19(24)10-9-18-21-16-7-3-4-8-17(16)22-18/h3-4,7-8,14-15H,5-6,9-13H2,1-2H3,(H,20,24)(H,21,22). The lowest BCUT2D eigenvalue weighted by atomic mass is 9.97. The van der Waals surface area contributed by atoms with Crippen LogP contribution >= 0.6 is 0 Å². The fourth-order valence-corrected chi connectivity index (χ4v) is 3.44. The van der Waals surface area contributed by atoms with Crippen molar-refractivity contribution in [2.75, 3.05) is 19.6 Å². The molecule has 3 rings (SSSR count). The minimum atomic E-state index is 0.122. The maximum atomic E-state index is 12.1. The lowest BCUT2D eigenvalue weighted by Gasteiger charge is -2.35. The molecule has 130 valence electrons. The Morgan fingerprint density at radius 1 is 1.42 bits per heavy atom. The summed E-state index contributed by atoms with van der Waals surface area (Å²) in [5, 5.41) is 3.11. The highest BCUT2D eigenvalue weighted by molar-refractivity contribution is 5.77. The van der Waals surface area contributed by atoms with Gasteiger partial charge in [0.25, 0.3) is 0 Å². The Balaban J connectivity index is 1.42. The van der Waals surface area contributed by atoms with E-state index in [0.717, 1.165) is 29.9 Å². The number of hydrogen-bond acceptors (Lipinski definition) is 3. The molecule has 1 unspecified atom stereocenters. The molecule has 0 aliphatic carbocycles. The van der Waals surface area contributed by atoms with E-state index < -0.39 is 0 Å². The molecule has 2 aromatic rings. The van der Waals surface area contributed by atoms with Gasteiger partial charge < -0.3 is 15.2 Å². The minimum Gasteiger partial charge on any atom is -0.356 e. The molecule has 1 aromatic carbocycles. The predicted octanol–water partition coefficient (Wildman–Crippen LogP) is 2.73. The van der Waals surface area contributed by atoms with Crippen LogP contribution in [0.15, 0.2) is 24.3 Å². The number of rotatable bonds is 6. The van der Waals surface area contributed by atoms with Gasteiger partial charge in [-0.15, -0.1) is 0 Å². The van der Waals surface area contributed by atoms with Crippen molar-refractivity contribution < 1.29 is 4.79 Å². The zero-order valence-electron chi connectivity index (χ0n) is 14.7. The van der Waals surface area contributed by atoms with Crippen LogP contribution in [0.2, 0.25) is 0 Å². The first kappa shape index (κ1) is 17.0. The van der Waals surface area contributed by atoms with Crippen molar-refractivity contribution in [3.63, 3.8) is 0 Å². The number of nitrogens with one attached hydrogen (secondary N) is 2. The molecule has 24 heavy (non-hydrogen) atoms. The van der Waals surface area contributed by atoms with E-state index in [-0.39, 0.29) is 5.91 Å². The molecule has 2 N–H and O–H groups in total. The number of imidazole rings is 1. The molecule has 5 heteroatoms. The molecule has 0 radical (unpaired) electrons. The summed E-state index contributed by atoms with van der Waals surface area (Å²) in [6.07, 6.45) is 3.59. The van der Waals surface area contributed by atoms with Crippen molar-refractivity contribution in [3.8, 4) is 0 Å². The van der Waals surface area contributed by atoms with Gasteiger partial charge in [-0.05, 0) is 51.3 Å². The van der Waals surface area contributed by atoms with Crippen molar-refractivity contribution in [1.82, 2.24) is 20.2 Å². The topological polar surface area (TPSA) is 61.0 Å². The highest BCUT2D eigenvalue weighted by Crippen LogP contribution is 2.17. The van der Waals surface area contributed by atoms with Crippen molar-refractivity contribution in [3.05, 3.63) is 30.1 Å². The van der Waals surface area contributed by atoms with E-state index in [1.165, 1.54) is 19.4 Å². The Kier molecular flexibility index (Phi) is 5.51. The number of carbonyl (C=O) groups is 1. The number of piperidine rings is 1. The smallest absolute Gasteiger partial charge is 0.220 e. The van der Waals surface area contributed by atoms with Crippen LogP contribution in [0.25, 0.3) is 11.0 Å². The van der Waals surface area contributed by atoms with Gasteiger partial charge in [-0.1, -0.05) is 12.1 Å². The van der Waals surface area contributed by atoms with Crippen LogP contribution in [0.1, 0.15) is 38.9 Å². The van der Waals surface area contributed by atoms with Crippen LogP contribution in [0.3, 0.4) is 0 Å². The second kappa shape index (κ2) is 7.79. The summed E-state index contributed by atoms with van der Waals surface area (Å²) in [4.78, 5) is 22.4. The quantitative estimate of drug-likeness (QED) is 0.857. The van der Waals surface area contributed by atoms with Crippen molar-refractivity contribution in [2.45, 2.75) is 45.6 Å². The van der Waals surface area contributed by atoms with E-state index in [9.17, 15) is 4.79 Å². The monoisotopic (exact) mass is 328 g/mol. The Labute approximate surface area is 143 Å². The zero-order chi connectivity index (χ0) is 16.9. The number of benzene rings is 1. The molecule has 1 aromatic heterocycles. The summed E-state index contributed by atoms with van der Waals surface area (Å²) >= 11 is 0. The first-order chi connectivity index (χ1) is 11.6. The summed E-state index contributed by atoms with van der Waals surface area (Å²) < 4.78 is 0. The average Bonchev–Trinajstić information content (AvgIpc) is 3.01. The number of hydrogen-bond donors (Lipinski definition) is 2. The fourth-order valence-electron chi connectivity index (χ4n) is 3.44. The Hall–Kier alpha value is -1.88. The highest BCUT2D eigenvalue weighted by atomic mass is 16.1. The Morgan fingerprint density at radius 2 is 2.25 bits per heavy atom. The second-order valence-electron chi connectivity index (χ2n) is 7.10. The summed E-state index contributed by atoms with van der Waals surface area (Å²) in [6, 6.07) is 8.55. The van der Waals surface area contributed by atoms with Gasteiger partial charge in [-0.25, -0.2) is 4.98 Å². The third kappa shape index (κ3) is 4.35. The number of carbonyl (C=O) groups excluding carboxylic acids is 1. The summed E-state index contributed by atoms with van der Waals surface area (Å²) in [5.41, 5.74) is 1.99. The third-order valence-corrected chi connectivity index (χ3v) is 4.90. The van der Waals surface area contributed by atoms with Crippen LogP contribution in [0, 0.1) is 5.92 Å². The number of aryl methyl sites for hydroxylation is 1. The van der Waals surface area contributed by atoms with Crippen molar-refractivity contribution >= 4 is 16.9 Å². The molecule has 0 saturated carbocycles. The SMILES string of the molecule is CC(C)N1CCCC(CNC(=O)CCc2nc3ccccc3[nH]2)C1. The molecule has 1 fully saturated rings. The van der Waals surface area contributed by atoms with Gasteiger partial charge in [-0.2, -0.15) is 0 Å². The van der Waals surface area contributed by atoms with Crippen LogP contribution in [0.4, 0.5) is 0 Å².